The Morgan fingerprint density at radius 1 is 1.65 bits per heavy atom. The molecule has 17 heavy (non-hydrogen) atoms. The molecule has 0 spiro atoms. The topological polar surface area (TPSA) is 54.0 Å². The molecule has 1 amide bonds. The van der Waals surface area contributed by atoms with Crippen molar-refractivity contribution in [3.05, 3.63) is 22.8 Å². The van der Waals surface area contributed by atoms with Gasteiger partial charge in [-0.2, -0.15) is 0 Å². The number of nitrogens with one attached hydrogen (secondary N) is 2. The highest BCUT2D eigenvalue weighted by molar-refractivity contribution is 6.33. The lowest BCUT2D eigenvalue weighted by Gasteiger charge is -2.08. The molecule has 2 unspecified atom stereocenters. The summed E-state index contributed by atoms with van der Waals surface area (Å²) in [5.41, 5.74) is 0.483. The molecular weight excluding hydrogens is 238 g/mol. The van der Waals surface area contributed by atoms with E-state index in [9.17, 15) is 4.79 Å². The van der Waals surface area contributed by atoms with Crippen LogP contribution in [0.2, 0.25) is 5.02 Å². The highest BCUT2D eigenvalue weighted by Crippen LogP contribution is 2.29. The van der Waals surface area contributed by atoms with E-state index in [-0.39, 0.29) is 5.91 Å². The van der Waals surface area contributed by atoms with Crippen LogP contribution in [-0.4, -0.2) is 23.5 Å². The van der Waals surface area contributed by atoms with Crippen molar-refractivity contribution >= 4 is 23.3 Å². The molecule has 0 saturated heterocycles. The van der Waals surface area contributed by atoms with Crippen LogP contribution < -0.4 is 10.6 Å². The molecule has 1 heterocycles. The Bertz CT molecular complexity index is 436. The molecule has 1 fully saturated rings. The molecule has 2 N–H and O–H groups in total. The van der Waals surface area contributed by atoms with Gasteiger partial charge >= 0.3 is 0 Å². The van der Waals surface area contributed by atoms with Gasteiger partial charge in [-0.3, -0.25) is 4.79 Å². The van der Waals surface area contributed by atoms with E-state index in [0.717, 1.165) is 13.0 Å². The van der Waals surface area contributed by atoms with Crippen molar-refractivity contribution in [3.8, 4) is 0 Å². The third kappa shape index (κ3) is 2.88. The smallest absolute Gasteiger partial charge is 0.253 e. The van der Waals surface area contributed by atoms with Gasteiger partial charge in [0.05, 0.1) is 10.6 Å². The van der Waals surface area contributed by atoms with Gasteiger partial charge in [0.15, 0.2) is 0 Å². The molecule has 4 nitrogen and oxygen atoms in total. The molecule has 1 aromatic heterocycles. The summed E-state index contributed by atoms with van der Waals surface area (Å²) in [6.07, 6.45) is 2.55. The standard InChI is InChI=1S/C12H16ClN3O/c1-3-14-11-5-8(9(13)6-15-11)12(17)16-10-4-7(10)2/h5-7,10H,3-4H2,1-2H3,(H,14,15)(H,16,17). The van der Waals surface area contributed by atoms with Crippen molar-refractivity contribution < 1.29 is 4.79 Å². The number of carbonyl (C=O) groups is 1. The number of halogens is 1. The second kappa shape index (κ2) is 4.92. The lowest BCUT2D eigenvalue weighted by Crippen LogP contribution is -2.27. The van der Waals surface area contributed by atoms with Gasteiger partial charge in [0, 0.05) is 18.8 Å². The monoisotopic (exact) mass is 253 g/mol. The summed E-state index contributed by atoms with van der Waals surface area (Å²) in [5.74, 6) is 1.13. The highest BCUT2D eigenvalue weighted by atomic mass is 35.5. The first kappa shape index (κ1) is 12.2. The minimum Gasteiger partial charge on any atom is -0.370 e. The van der Waals surface area contributed by atoms with Crippen LogP contribution in [0, 0.1) is 5.92 Å². The fourth-order valence-electron chi connectivity index (χ4n) is 1.66. The summed E-state index contributed by atoms with van der Waals surface area (Å²) < 4.78 is 0. The summed E-state index contributed by atoms with van der Waals surface area (Å²) in [4.78, 5) is 16.1. The number of aromatic nitrogens is 1. The number of hydrogen-bond donors (Lipinski definition) is 2. The molecule has 5 heteroatoms. The molecular formula is C12H16ClN3O. The Hall–Kier alpha value is -1.29. The molecule has 92 valence electrons. The van der Waals surface area contributed by atoms with Gasteiger partial charge in [0.2, 0.25) is 0 Å². The Morgan fingerprint density at radius 2 is 2.35 bits per heavy atom. The minimum atomic E-state index is -0.120. The van der Waals surface area contributed by atoms with Crippen molar-refractivity contribution in [1.29, 1.82) is 0 Å². The summed E-state index contributed by atoms with van der Waals surface area (Å²) in [6, 6.07) is 1.99. The maximum atomic E-state index is 12.0. The molecule has 2 atom stereocenters. The first-order chi connectivity index (χ1) is 8.11. The fourth-order valence-corrected chi connectivity index (χ4v) is 1.85. The molecule has 0 aliphatic heterocycles. The third-order valence-electron chi connectivity index (χ3n) is 2.88. The van der Waals surface area contributed by atoms with Gasteiger partial charge in [-0.05, 0) is 25.3 Å². The molecule has 1 aliphatic carbocycles. The number of pyridine rings is 1. The van der Waals surface area contributed by atoms with Gasteiger partial charge in [0.1, 0.15) is 5.82 Å². The Morgan fingerprint density at radius 3 is 2.94 bits per heavy atom. The number of amides is 1. The van der Waals surface area contributed by atoms with Crippen LogP contribution in [0.4, 0.5) is 5.82 Å². The van der Waals surface area contributed by atoms with Gasteiger partial charge in [-0.25, -0.2) is 4.98 Å². The van der Waals surface area contributed by atoms with Crippen LogP contribution in [-0.2, 0) is 0 Å². The number of anilines is 1. The zero-order valence-corrected chi connectivity index (χ0v) is 10.7. The third-order valence-corrected chi connectivity index (χ3v) is 3.19. The Balaban J connectivity index is 2.12. The Kier molecular flexibility index (Phi) is 3.52. The second-order valence-electron chi connectivity index (χ2n) is 4.37. The summed E-state index contributed by atoms with van der Waals surface area (Å²) in [6.45, 7) is 4.85. The summed E-state index contributed by atoms with van der Waals surface area (Å²) >= 11 is 5.98. The van der Waals surface area contributed by atoms with Crippen LogP contribution in [0.5, 0.6) is 0 Å². The quantitative estimate of drug-likeness (QED) is 0.866. The maximum Gasteiger partial charge on any atom is 0.253 e. The Labute approximate surface area is 106 Å². The average Bonchev–Trinajstić information content (AvgIpc) is 2.97. The molecule has 1 aliphatic rings. The summed E-state index contributed by atoms with van der Waals surface area (Å²) in [7, 11) is 0. The van der Waals surface area contributed by atoms with Gasteiger partial charge < -0.3 is 10.6 Å². The fraction of sp³-hybridized carbons (Fsp3) is 0.500. The number of rotatable bonds is 4. The largest absolute Gasteiger partial charge is 0.370 e. The minimum absolute atomic E-state index is 0.120. The van der Waals surface area contributed by atoms with E-state index in [1.165, 1.54) is 6.20 Å². The van der Waals surface area contributed by atoms with E-state index in [4.69, 9.17) is 11.6 Å². The molecule has 1 aromatic rings. The van der Waals surface area contributed by atoms with E-state index < -0.39 is 0 Å². The van der Waals surface area contributed by atoms with Crippen molar-refractivity contribution in [1.82, 2.24) is 10.3 Å². The molecule has 2 rings (SSSR count). The first-order valence-corrected chi connectivity index (χ1v) is 6.20. The van der Waals surface area contributed by atoms with Gasteiger partial charge in [-0.15, -0.1) is 0 Å². The average molecular weight is 254 g/mol. The van der Waals surface area contributed by atoms with Crippen LogP contribution in [0.15, 0.2) is 12.3 Å². The molecule has 0 radical (unpaired) electrons. The van der Waals surface area contributed by atoms with Crippen molar-refractivity contribution in [3.63, 3.8) is 0 Å². The molecule has 1 saturated carbocycles. The zero-order valence-electron chi connectivity index (χ0n) is 9.96. The van der Waals surface area contributed by atoms with Gasteiger partial charge in [-0.1, -0.05) is 18.5 Å². The van der Waals surface area contributed by atoms with E-state index in [2.05, 4.69) is 22.5 Å². The van der Waals surface area contributed by atoms with Crippen molar-refractivity contribution in [2.45, 2.75) is 26.3 Å². The zero-order chi connectivity index (χ0) is 12.4. The SMILES string of the molecule is CCNc1cc(C(=O)NC2CC2C)c(Cl)cn1. The number of nitrogens with zero attached hydrogens (tertiary/aromatic N) is 1. The first-order valence-electron chi connectivity index (χ1n) is 5.82. The van der Waals surface area contributed by atoms with E-state index >= 15 is 0 Å². The van der Waals surface area contributed by atoms with Gasteiger partial charge in [0.25, 0.3) is 5.91 Å². The number of carbonyl (C=O) groups excluding carboxylic acids is 1. The highest BCUT2D eigenvalue weighted by Gasteiger charge is 2.34. The van der Waals surface area contributed by atoms with Crippen LogP contribution in [0.25, 0.3) is 0 Å². The lowest BCUT2D eigenvalue weighted by atomic mass is 10.2. The van der Waals surface area contributed by atoms with E-state index in [1.807, 2.05) is 6.92 Å². The van der Waals surface area contributed by atoms with E-state index in [0.29, 0.717) is 28.4 Å². The molecule has 0 aromatic carbocycles. The van der Waals surface area contributed by atoms with Crippen LogP contribution in [0.3, 0.4) is 0 Å². The van der Waals surface area contributed by atoms with Crippen molar-refractivity contribution in [2.75, 3.05) is 11.9 Å². The summed E-state index contributed by atoms with van der Waals surface area (Å²) in [5, 5.41) is 6.40. The number of hydrogen-bond acceptors (Lipinski definition) is 3. The predicted octanol–water partition coefficient (Wildman–Crippen LogP) is 2.30. The lowest BCUT2D eigenvalue weighted by molar-refractivity contribution is 0.0949. The van der Waals surface area contributed by atoms with E-state index in [1.54, 1.807) is 6.07 Å². The van der Waals surface area contributed by atoms with Crippen LogP contribution in [0.1, 0.15) is 30.6 Å². The predicted molar refractivity (Wildman–Crippen MR) is 68.4 cm³/mol. The maximum absolute atomic E-state index is 12.0. The second-order valence-corrected chi connectivity index (χ2v) is 4.78. The van der Waals surface area contributed by atoms with Crippen molar-refractivity contribution in [2.24, 2.45) is 5.92 Å². The normalized spacial score (nSPS) is 22.1. The molecule has 0 bridgehead atoms. The van der Waals surface area contributed by atoms with Crippen LogP contribution >= 0.6 is 11.6 Å².